The van der Waals surface area contributed by atoms with Gasteiger partial charge in [-0.3, -0.25) is 0 Å². The molecule has 0 amide bonds. The van der Waals surface area contributed by atoms with Crippen LogP contribution in [0, 0.1) is 0 Å². The summed E-state index contributed by atoms with van der Waals surface area (Å²) in [7, 11) is 2.01. The molecular formula is C8H17CuN3S. The van der Waals surface area contributed by atoms with Gasteiger partial charge < -0.3 is 10.3 Å². The Hall–Kier alpha value is 0.169. The summed E-state index contributed by atoms with van der Waals surface area (Å²) in [5.74, 6) is 5.25. The number of hydrazine groups is 1. The van der Waals surface area contributed by atoms with E-state index >= 15 is 0 Å². The van der Waals surface area contributed by atoms with E-state index in [0.29, 0.717) is 11.2 Å². The van der Waals surface area contributed by atoms with Crippen molar-refractivity contribution < 1.29 is 17.1 Å². The second-order valence-corrected chi connectivity index (χ2v) is 3.74. The molecule has 1 saturated carbocycles. The van der Waals surface area contributed by atoms with Crippen LogP contribution in [0.4, 0.5) is 0 Å². The monoisotopic (exact) mass is 250 g/mol. The first kappa shape index (κ1) is 13.2. The predicted octanol–water partition coefficient (Wildman–Crippen LogP) is 0.997. The van der Waals surface area contributed by atoms with Crippen molar-refractivity contribution in [1.82, 2.24) is 10.3 Å². The zero-order valence-electron chi connectivity index (χ0n) is 7.85. The number of hydrogen-bond acceptors (Lipinski definition) is 2. The summed E-state index contributed by atoms with van der Waals surface area (Å²) in [6, 6.07) is 0.599. The molecule has 0 aliphatic heterocycles. The zero-order valence-corrected chi connectivity index (χ0v) is 9.61. The molecule has 1 aliphatic rings. The van der Waals surface area contributed by atoms with Crippen LogP contribution in [0.15, 0.2) is 0 Å². The van der Waals surface area contributed by atoms with Gasteiger partial charge in [-0.1, -0.05) is 19.3 Å². The summed E-state index contributed by atoms with van der Waals surface area (Å²) in [6.07, 6.45) is 6.51. The number of rotatable bonds is 1. The van der Waals surface area contributed by atoms with Gasteiger partial charge in [-0.05, 0) is 25.1 Å². The van der Waals surface area contributed by atoms with Crippen LogP contribution in [-0.2, 0) is 17.1 Å². The van der Waals surface area contributed by atoms with Crippen molar-refractivity contribution >= 4 is 17.3 Å². The minimum Gasteiger partial charge on any atom is -0.348 e. The van der Waals surface area contributed by atoms with Gasteiger partial charge in [0.15, 0.2) is 5.11 Å². The first-order chi connectivity index (χ1) is 5.75. The normalized spacial score (nSPS) is 17.4. The Balaban J connectivity index is 0.00000144. The third kappa shape index (κ3) is 3.81. The third-order valence-electron chi connectivity index (χ3n) is 2.57. The molecule has 0 aromatic heterocycles. The van der Waals surface area contributed by atoms with E-state index in [1.165, 1.54) is 32.1 Å². The van der Waals surface area contributed by atoms with Crippen LogP contribution in [-0.4, -0.2) is 23.1 Å². The summed E-state index contributed by atoms with van der Waals surface area (Å²) >= 11 is 5.05. The molecule has 13 heavy (non-hydrogen) atoms. The number of thiocarbonyl (C=S) groups is 1. The van der Waals surface area contributed by atoms with Crippen LogP contribution in [0.3, 0.4) is 0 Å². The van der Waals surface area contributed by atoms with Crippen molar-refractivity contribution in [2.24, 2.45) is 5.84 Å². The van der Waals surface area contributed by atoms with Gasteiger partial charge in [0.2, 0.25) is 0 Å². The van der Waals surface area contributed by atoms with E-state index in [2.05, 4.69) is 10.3 Å². The molecule has 1 aliphatic carbocycles. The third-order valence-corrected chi connectivity index (χ3v) is 2.97. The molecule has 3 nitrogen and oxygen atoms in total. The van der Waals surface area contributed by atoms with Gasteiger partial charge in [0.25, 0.3) is 0 Å². The van der Waals surface area contributed by atoms with Gasteiger partial charge in [0, 0.05) is 30.2 Å². The topological polar surface area (TPSA) is 41.3 Å². The molecule has 0 atom stereocenters. The molecule has 5 heteroatoms. The molecule has 3 N–H and O–H groups in total. The molecule has 0 unspecified atom stereocenters. The van der Waals surface area contributed by atoms with Gasteiger partial charge in [0.05, 0.1) is 0 Å². The maximum atomic E-state index is 5.25. The second kappa shape index (κ2) is 6.60. The number of nitrogens with zero attached hydrogens (tertiary/aromatic N) is 1. The molecule has 0 bridgehead atoms. The molecule has 1 radical (unpaired) electrons. The Bertz CT molecular complexity index is 159. The van der Waals surface area contributed by atoms with Crippen LogP contribution < -0.4 is 11.3 Å². The Morgan fingerprint density at radius 1 is 1.38 bits per heavy atom. The molecule has 0 spiro atoms. The Morgan fingerprint density at radius 2 is 1.92 bits per heavy atom. The molecule has 0 saturated heterocycles. The summed E-state index contributed by atoms with van der Waals surface area (Å²) in [6.45, 7) is 0. The maximum Gasteiger partial charge on any atom is 0.183 e. The second-order valence-electron chi connectivity index (χ2n) is 3.35. The standard InChI is InChI=1S/C8H17N3S.Cu/c1-11(8(12)10-9)7-5-3-2-4-6-7;/h7H,2-6,9H2,1H3,(H,10,12);. The van der Waals surface area contributed by atoms with Crippen molar-refractivity contribution in [2.75, 3.05) is 7.05 Å². The maximum absolute atomic E-state index is 5.25. The molecule has 0 heterocycles. The predicted molar refractivity (Wildman–Crippen MR) is 54.6 cm³/mol. The van der Waals surface area contributed by atoms with Crippen molar-refractivity contribution in [3.05, 3.63) is 0 Å². The largest absolute Gasteiger partial charge is 0.348 e. The molecule has 0 aromatic rings. The number of nitrogens with two attached hydrogens (primary N) is 1. The zero-order chi connectivity index (χ0) is 8.97. The molecule has 1 fully saturated rings. The van der Waals surface area contributed by atoms with Gasteiger partial charge >= 0.3 is 0 Å². The summed E-state index contributed by atoms with van der Waals surface area (Å²) < 4.78 is 0. The Labute approximate surface area is 95.9 Å². The van der Waals surface area contributed by atoms with Crippen LogP contribution >= 0.6 is 12.2 Å². The summed E-state index contributed by atoms with van der Waals surface area (Å²) in [5.41, 5.74) is 2.52. The fraction of sp³-hybridized carbons (Fsp3) is 0.875. The van der Waals surface area contributed by atoms with E-state index in [0.717, 1.165) is 0 Å². The molecule has 81 valence electrons. The van der Waals surface area contributed by atoms with Crippen molar-refractivity contribution in [3.63, 3.8) is 0 Å². The molecule has 1 rings (SSSR count). The average molecular weight is 251 g/mol. The van der Waals surface area contributed by atoms with Crippen molar-refractivity contribution in [3.8, 4) is 0 Å². The number of hydrogen-bond donors (Lipinski definition) is 2. The van der Waals surface area contributed by atoms with Crippen molar-refractivity contribution in [1.29, 1.82) is 0 Å². The van der Waals surface area contributed by atoms with Crippen LogP contribution in [0.5, 0.6) is 0 Å². The van der Waals surface area contributed by atoms with Gasteiger partial charge in [-0.25, -0.2) is 5.84 Å². The fourth-order valence-corrected chi connectivity index (χ4v) is 1.89. The molecule has 0 aromatic carbocycles. The minimum absolute atomic E-state index is 0. The quantitative estimate of drug-likeness (QED) is 0.315. The van der Waals surface area contributed by atoms with E-state index in [-0.39, 0.29) is 17.1 Å². The first-order valence-electron chi connectivity index (χ1n) is 4.49. The summed E-state index contributed by atoms with van der Waals surface area (Å²) in [5, 5.41) is 0.655. The fourth-order valence-electron chi connectivity index (χ4n) is 1.74. The van der Waals surface area contributed by atoms with E-state index in [4.69, 9.17) is 18.1 Å². The van der Waals surface area contributed by atoms with Gasteiger partial charge in [-0.2, -0.15) is 0 Å². The number of nitrogens with one attached hydrogen (secondary N) is 1. The smallest absolute Gasteiger partial charge is 0.183 e. The Morgan fingerprint density at radius 3 is 2.38 bits per heavy atom. The van der Waals surface area contributed by atoms with E-state index in [1.807, 2.05) is 7.05 Å². The van der Waals surface area contributed by atoms with Gasteiger partial charge in [0.1, 0.15) is 0 Å². The van der Waals surface area contributed by atoms with E-state index in [9.17, 15) is 0 Å². The minimum atomic E-state index is 0. The van der Waals surface area contributed by atoms with Crippen LogP contribution in [0.2, 0.25) is 0 Å². The van der Waals surface area contributed by atoms with Crippen LogP contribution in [0.1, 0.15) is 32.1 Å². The summed E-state index contributed by atoms with van der Waals surface area (Å²) in [4.78, 5) is 2.08. The average Bonchev–Trinajstić information content (AvgIpc) is 2.17. The van der Waals surface area contributed by atoms with Crippen LogP contribution in [0.25, 0.3) is 0 Å². The van der Waals surface area contributed by atoms with E-state index < -0.39 is 0 Å². The Kier molecular flexibility index (Phi) is 6.68. The van der Waals surface area contributed by atoms with Gasteiger partial charge in [-0.15, -0.1) is 0 Å². The first-order valence-corrected chi connectivity index (χ1v) is 4.90. The molecular weight excluding hydrogens is 234 g/mol. The van der Waals surface area contributed by atoms with Crippen molar-refractivity contribution in [2.45, 2.75) is 38.1 Å². The SMILES string of the molecule is CN(C(=S)NN)C1CCCCC1.[Cu]. The van der Waals surface area contributed by atoms with E-state index in [1.54, 1.807) is 0 Å².